The molecule has 186 valence electrons. The molecule has 7 rings (SSSR count). The van der Waals surface area contributed by atoms with Crippen molar-refractivity contribution in [2.75, 3.05) is 5.32 Å². The van der Waals surface area contributed by atoms with Crippen molar-refractivity contribution in [3.63, 3.8) is 0 Å². The summed E-state index contributed by atoms with van der Waals surface area (Å²) in [5.41, 5.74) is 10.0. The molecule has 0 aliphatic heterocycles. The summed E-state index contributed by atoms with van der Waals surface area (Å²) in [5.74, 6) is 0. The average molecular weight is 506 g/mol. The van der Waals surface area contributed by atoms with Crippen molar-refractivity contribution in [2.24, 2.45) is 0 Å². The first-order valence-corrected chi connectivity index (χ1v) is 12.6. The fraction of sp³-hybridized carbons (Fsp3) is 0. The Balaban J connectivity index is 1.25. The van der Waals surface area contributed by atoms with Gasteiger partial charge in [-0.1, -0.05) is 55.1 Å². The normalized spacial score (nSPS) is 11.2. The minimum Gasteiger partial charge on any atom is -0.354 e. The fourth-order valence-corrected chi connectivity index (χ4v) is 4.85. The van der Waals surface area contributed by atoms with Crippen molar-refractivity contribution in [3.05, 3.63) is 122 Å². The number of pyridine rings is 3. The van der Waals surface area contributed by atoms with Crippen LogP contribution in [0.15, 0.2) is 116 Å². The third-order valence-corrected chi connectivity index (χ3v) is 6.77. The Morgan fingerprint density at radius 2 is 1.64 bits per heavy atom. The summed E-state index contributed by atoms with van der Waals surface area (Å²) < 4.78 is 0. The first-order valence-electron chi connectivity index (χ1n) is 12.6. The number of hydrogen-bond acceptors (Lipinski definition) is 5. The summed E-state index contributed by atoms with van der Waals surface area (Å²) in [6, 6.07) is 28.4. The van der Waals surface area contributed by atoms with Gasteiger partial charge in [-0.15, -0.1) is 0 Å². The van der Waals surface area contributed by atoms with Crippen LogP contribution in [0.25, 0.3) is 61.4 Å². The number of benzene rings is 2. The fourth-order valence-electron chi connectivity index (χ4n) is 4.85. The highest BCUT2D eigenvalue weighted by Crippen LogP contribution is 2.34. The molecule has 39 heavy (non-hydrogen) atoms. The second-order valence-electron chi connectivity index (χ2n) is 9.29. The van der Waals surface area contributed by atoms with Crippen molar-refractivity contribution in [1.29, 1.82) is 0 Å². The molecule has 0 aliphatic rings. The second-order valence-corrected chi connectivity index (χ2v) is 9.29. The van der Waals surface area contributed by atoms with Gasteiger partial charge in [-0.05, 0) is 42.0 Å². The number of aromatic amines is 2. The lowest BCUT2D eigenvalue weighted by atomic mass is 10.1. The zero-order valence-corrected chi connectivity index (χ0v) is 20.9. The maximum absolute atomic E-state index is 4.65. The summed E-state index contributed by atoms with van der Waals surface area (Å²) in [4.78, 5) is 17.2. The molecule has 2 aromatic carbocycles. The Bertz CT molecular complexity index is 1950. The number of nitrogens with one attached hydrogen (secondary N) is 3. The molecule has 0 spiro atoms. The van der Waals surface area contributed by atoms with E-state index in [0.717, 1.165) is 72.7 Å². The molecule has 0 fully saturated rings. The van der Waals surface area contributed by atoms with Crippen molar-refractivity contribution in [3.8, 4) is 33.8 Å². The largest absolute Gasteiger partial charge is 0.354 e. The van der Waals surface area contributed by atoms with Crippen LogP contribution >= 0.6 is 0 Å². The molecule has 0 radical (unpaired) electrons. The van der Waals surface area contributed by atoms with Crippen LogP contribution in [0.5, 0.6) is 0 Å². The van der Waals surface area contributed by atoms with Crippen LogP contribution in [0.1, 0.15) is 5.56 Å². The van der Waals surface area contributed by atoms with Crippen LogP contribution < -0.4 is 5.32 Å². The molecule has 0 amide bonds. The zero-order chi connectivity index (χ0) is 26.2. The second kappa shape index (κ2) is 9.39. The molecular formula is C32H23N7. The van der Waals surface area contributed by atoms with Crippen LogP contribution in [0.2, 0.25) is 0 Å². The van der Waals surface area contributed by atoms with Gasteiger partial charge in [0, 0.05) is 57.3 Å². The van der Waals surface area contributed by atoms with Crippen LogP contribution in [-0.4, -0.2) is 30.1 Å². The maximum atomic E-state index is 4.65. The van der Waals surface area contributed by atoms with Crippen molar-refractivity contribution in [1.82, 2.24) is 30.1 Å². The van der Waals surface area contributed by atoms with Crippen molar-refractivity contribution in [2.45, 2.75) is 0 Å². The molecule has 0 unspecified atom stereocenters. The van der Waals surface area contributed by atoms with Gasteiger partial charge >= 0.3 is 0 Å². The number of nitrogens with zero attached hydrogens (tertiary/aromatic N) is 4. The predicted molar refractivity (Wildman–Crippen MR) is 157 cm³/mol. The van der Waals surface area contributed by atoms with E-state index in [-0.39, 0.29) is 0 Å². The van der Waals surface area contributed by atoms with E-state index in [9.17, 15) is 0 Å². The maximum Gasteiger partial charge on any atom is 0.155 e. The van der Waals surface area contributed by atoms with Gasteiger partial charge < -0.3 is 10.3 Å². The molecule has 5 aromatic heterocycles. The summed E-state index contributed by atoms with van der Waals surface area (Å²) >= 11 is 0. The third-order valence-electron chi connectivity index (χ3n) is 6.77. The van der Waals surface area contributed by atoms with E-state index in [4.69, 9.17) is 0 Å². The van der Waals surface area contributed by atoms with Crippen LogP contribution in [0.4, 0.5) is 5.69 Å². The quantitative estimate of drug-likeness (QED) is 0.220. The molecule has 7 heteroatoms. The molecule has 0 atom stereocenters. The van der Waals surface area contributed by atoms with Gasteiger partial charge in [-0.25, -0.2) is 4.98 Å². The number of anilines is 1. The van der Waals surface area contributed by atoms with Gasteiger partial charge in [-0.2, -0.15) is 5.10 Å². The van der Waals surface area contributed by atoms with Crippen molar-refractivity contribution < 1.29 is 0 Å². The molecule has 0 saturated heterocycles. The minimum absolute atomic E-state index is 0.719. The lowest BCUT2D eigenvalue weighted by Gasteiger charge is -2.11. The van der Waals surface area contributed by atoms with Gasteiger partial charge in [0.1, 0.15) is 5.69 Å². The number of H-pyrrole nitrogens is 2. The van der Waals surface area contributed by atoms with Crippen LogP contribution in [-0.2, 0) is 0 Å². The van der Waals surface area contributed by atoms with E-state index < -0.39 is 0 Å². The van der Waals surface area contributed by atoms with Gasteiger partial charge in [-0.3, -0.25) is 15.1 Å². The molecule has 0 saturated carbocycles. The zero-order valence-electron chi connectivity index (χ0n) is 20.9. The summed E-state index contributed by atoms with van der Waals surface area (Å²) in [7, 11) is 0. The molecule has 0 aliphatic carbocycles. The molecular weight excluding hydrogens is 482 g/mol. The lowest BCUT2D eigenvalue weighted by molar-refractivity contribution is 1.10. The highest BCUT2D eigenvalue weighted by molar-refractivity contribution is 6.00. The van der Waals surface area contributed by atoms with E-state index in [2.05, 4.69) is 66.3 Å². The number of rotatable bonds is 6. The van der Waals surface area contributed by atoms with Gasteiger partial charge in [0.2, 0.25) is 0 Å². The lowest BCUT2D eigenvalue weighted by Crippen LogP contribution is -1.98. The van der Waals surface area contributed by atoms with Crippen LogP contribution in [0.3, 0.4) is 0 Å². The average Bonchev–Trinajstić information content (AvgIpc) is 3.62. The summed E-state index contributed by atoms with van der Waals surface area (Å²) in [6.07, 6.45) is 7.27. The van der Waals surface area contributed by atoms with Gasteiger partial charge in [0.15, 0.2) is 5.65 Å². The number of fused-ring (bicyclic) bond motifs is 2. The highest BCUT2D eigenvalue weighted by atomic mass is 15.2. The first kappa shape index (κ1) is 22.6. The Kier molecular flexibility index (Phi) is 5.45. The van der Waals surface area contributed by atoms with Crippen molar-refractivity contribution >= 4 is 33.3 Å². The smallest absolute Gasteiger partial charge is 0.155 e. The number of aromatic nitrogens is 6. The van der Waals surface area contributed by atoms with E-state index in [1.807, 2.05) is 79.3 Å². The minimum atomic E-state index is 0.719. The van der Waals surface area contributed by atoms with E-state index in [1.165, 1.54) is 0 Å². The van der Waals surface area contributed by atoms with Crippen LogP contribution in [0, 0.1) is 0 Å². The number of hydrogen-bond donors (Lipinski definition) is 3. The highest BCUT2D eigenvalue weighted by Gasteiger charge is 2.15. The Hall–Kier alpha value is -5.56. The van der Waals surface area contributed by atoms with E-state index >= 15 is 0 Å². The summed E-state index contributed by atoms with van der Waals surface area (Å²) in [6.45, 7) is 4.17. The molecule has 7 aromatic rings. The SMILES string of the molecule is C=C(Nc1cncc(-c2cnc3[nH]nc(-c4cc5c(-c6ccccn6)cccc5[nH]4)c3c2)c1)c1ccccc1. The van der Waals surface area contributed by atoms with E-state index in [1.54, 1.807) is 6.20 Å². The Morgan fingerprint density at radius 1 is 0.769 bits per heavy atom. The monoisotopic (exact) mass is 505 g/mol. The van der Waals surface area contributed by atoms with E-state index in [0.29, 0.717) is 0 Å². The Morgan fingerprint density at radius 3 is 2.51 bits per heavy atom. The molecule has 3 N–H and O–H groups in total. The third kappa shape index (κ3) is 4.22. The topological polar surface area (TPSA) is 95.2 Å². The van der Waals surface area contributed by atoms with Gasteiger partial charge in [0.25, 0.3) is 0 Å². The molecule has 5 heterocycles. The first-order chi connectivity index (χ1) is 19.2. The molecule has 0 bridgehead atoms. The standard InChI is InChI=1S/C32H23N7/c1-20(21-8-3-2-4-9-21)36-24-14-22(17-33-19-24)23-15-27-31(38-39-32(27)35-18-23)30-16-26-25(10-7-12-29(26)37-30)28-11-5-6-13-34-28/h2-19,36-37H,1H2,(H,35,38,39). The molecule has 7 nitrogen and oxygen atoms in total. The Labute approximate surface area is 224 Å². The summed E-state index contributed by atoms with van der Waals surface area (Å²) in [5, 5.41) is 13.1. The van der Waals surface area contributed by atoms with Gasteiger partial charge in [0.05, 0.1) is 23.3 Å². The predicted octanol–water partition coefficient (Wildman–Crippen LogP) is 7.31.